The first-order valence-corrected chi connectivity index (χ1v) is 12.0. The first-order chi connectivity index (χ1) is 13.7. The highest BCUT2D eigenvalue weighted by atomic mass is 16.2. The van der Waals surface area contributed by atoms with Gasteiger partial charge in [0.25, 0.3) is 0 Å². The Morgan fingerprint density at radius 2 is 1.00 bits per heavy atom. The van der Waals surface area contributed by atoms with Crippen LogP contribution in [0.4, 0.5) is 0 Å². The maximum absolute atomic E-state index is 11.3. The summed E-state index contributed by atoms with van der Waals surface area (Å²) in [5, 5.41) is 3.23. The summed E-state index contributed by atoms with van der Waals surface area (Å²) in [6, 6.07) is 0. The summed E-state index contributed by atoms with van der Waals surface area (Å²) in [5.41, 5.74) is 0.765. The number of carbonyl (C=O) groups is 2. The predicted molar refractivity (Wildman–Crippen MR) is 119 cm³/mol. The molecule has 3 heteroatoms. The summed E-state index contributed by atoms with van der Waals surface area (Å²) < 4.78 is 0. The first-order valence-electron chi connectivity index (χ1n) is 12.0. The minimum Gasteiger partial charge on any atom is -0.385 e. The van der Waals surface area contributed by atoms with Gasteiger partial charge in [0.15, 0.2) is 0 Å². The van der Waals surface area contributed by atoms with Gasteiger partial charge in [0, 0.05) is 18.3 Å². The van der Waals surface area contributed by atoms with Gasteiger partial charge < -0.3 is 5.32 Å². The average Bonchev–Trinajstić information content (AvgIpc) is 2.69. The van der Waals surface area contributed by atoms with Crippen LogP contribution in [-0.4, -0.2) is 18.1 Å². The molecule has 0 radical (unpaired) electrons. The maximum Gasteiger partial charge on any atom is 0.227 e. The molecule has 0 atom stereocenters. The van der Waals surface area contributed by atoms with E-state index in [0.29, 0.717) is 0 Å². The van der Waals surface area contributed by atoms with Crippen molar-refractivity contribution in [1.29, 1.82) is 0 Å². The smallest absolute Gasteiger partial charge is 0.227 e. The van der Waals surface area contributed by atoms with Crippen LogP contribution in [0, 0.1) is 0 Å². The molecule has 0 spiro atoms. The quantitative estimate of drug-likeness (QED) is 0.150. The highest BCUT2D eigenvalue weighted by Crippen LogP contribution is 2.14. The number of rotatable bonds is 19. The molecule has 1 aliphatic carbocycles. The van der Waals surface area contributed by atoms with Crippen molar-refractivity contribution in [3.05, 3.63) is 23.9 Å². The lowest BCUT2D eigenvalue weighted by molar-refractivity contribution is -0.131. The number of unbranched alkanes of at least 4 members (excludes halogenated alkanes) is 16. The minimum absolute atomic E-state index is 0.424. The fourth-order valence-corrected chi connectivity index (χ4v) is 3.70. The SMILES string of the molecule is CCCCCCCCCCCCCCCCCCCNC1=CC(=O)C(=O)C=C1. The van der Waals surface area contributed by atoms with E-state index in [-0.39, 0.29) is 0 Å². The minimum atomic E-state index is -0.427. The Hall–Kier alpha value is -1.38. The summed E-state index contributed by atoms with van der Waals surface area (Å²) in [6.45, 7) is 3.15. The molecule has 1 aliphatic rings. The topological polar surface area (TPSA) is 46.2 Å². The van der Waals surface area contributed by atoms with Gasteiger partial charge in [-0.15, -0.1) is 0 Å². The highest BCUT2D eigenvalue weighted by molar-refractivity contribution is 6.46. The van der Waals surface area contributed by atoms with E-state index < -0.39 is 11.6 Å². The van der Waals surface area contributed by atoms with E-state index in [4.69, 9.17) is 0 Å². The molecule has 0 aromatic rings. The molecule has 0 saturated heterocycles. The van der Waals surface area contributed by atoms with Crippen LogP contribution in [0.3, 0.4) is 0 Å². The Morgan fingerprint density at radius 1 is 0.571 bits per heavy atom. The molecule has 0 heterocycles. The molecule has 3 nitrogen and oxygen atoms in total. The van der Waals surface area contributed by atoms with Crippen molar-refractivity contribution >= 4 is 11.6 Å². The monoisotopic (exact) mass is 389 g/mol. The van der Waals surface area contributed by atoms with Crippen LogP contribution in [0.1, 0.15) is 116 Å². The third-order valence-corrected chi connectivity index (χ3v) is 5.55. The van der Waals surface area contributed by atoms with E-state index >= 15 is 0 Å². The fraction of sp³-hybridized carbons (Fsp3) is 0.760. The molecule has 0 aliphatic heterocycles. The van der Waals surface area contributed by atoms with Crippen LogP contribution in [0.25, 0.3) is 0 Å². The molecule has 0 unspecified atom stereocenters. The van der Waals surface area contributed by atoms with Gasteiger partial charge in [0.2, 0.25) is 11.6 Å². The zero-order chi connectivity index (χ0) is 20.3. The third kappa shape index (κ3) is 13.7. The lowest BCUT2D eigenvalue weighted by Crippen LogP contribution is -2.20. The van der Waals surface area contributed by atoms with Gasteiger partial charge in [0.1, 0.15) is 0 Å². The Balaban J connectivity index is 1.74. The number of allylic oxidation sites excluding steroid dienone is 3. The molecule has 28 heavy (non-hydrogen) atoms. The van der Waals surface area contributed by atoms with E-state index in [1.807, 2.05) is 0 Å². The van der Waals surface area contributed by atoms with Gasteiger partial charge in [0.05, 0.1) is 0 Å². The number of hydrogen-bond donors (Lipinski definition) is 1. The predicted octanol–water partition coefficient (Wildman–Crippen LogP) is 6.82. The van der Waals surface area contributed by atoms with Crippen LogP contribution >= 0.6 is 0 Å². The lowest BCUT2D eigenvalue weighted by atomic mass is 10.0. The molecule has 0 saturated carbocycles. The molecule has 0 amide bonds. The van der Waals surface area contributed by atoms with E-state index in [1.165, 1.54) is 115 Å². The summed E-state index contributed by atoms with van der Waals surface area (Å²) in [7, 11) is 0. The summed E-state index contributed by atoms with van der Waals surface area (Å²) in [4.78, 5) is 22.4. The molecule has 0 bridgehead atoms. The van der Waals surface area contributed by atoms with E-state index in [2.05, 4.69) is 12.2 Å². The molecule has 0 aromatic heterocycles. The van der Waals surface area contributed by atoms with Crippen LogP contribution < -0.4 is 5.32 Å². The Labute approximate surface area is 173 Å². The van der Waals surface area contributed by atoms with Gasteiger partial charge in [-0.3, -0.25) is 9.59 Å². The van der Waals surface area contributed by atoms with Crippen molar-refractivity contribution in [2.24, 2.45) is 0 Å². The second-order valence-electron chi connectivity index (χ2n) is 8.25. The molecule has 1 rings (SSSR count). The summed E-state index contributed by atoms with van der Waals surface area (Å²) >= 11 is 0. The van der Waals surface area contributed by atoms with Gasteiger partial charge >= 0.3 is 0 Å². The van der Waals surface area contributed by atoms with Crippen LogP contribution in [-0.2, 0) is 9.59 Å². The first kappa shape index (κ1) is 24.7. The number of carbonyl (C=O) groups excluding carboxylic acids is 2. The van der Waals surface area contributed by atoms with Crippen molar-refractivity contribution in [3.63, 3.8) is 0 Å². The van der Waals surface area contributed by atoms with Gasteiger partial charge in [-0.2, -0.15) is 0 Å². The Kier molecular flexibility index (Phi) is 15.6. The van der Waals surface area contributed by atoms with Crippen molar-refractivity contribution in [2.45, 2.75) is 116 Å². The molecule has 1 N–H and O–H groups in total. The molecular formula is C25H43NO2. The zero-order valence-electron chi connectivity index (χ0n) is 18.3. The van der Waals surface area contributed by atoms with Crippen LogP contribution in [0.2, 0.25) is 0 Å². The number of hydrogen-bond acceptors (Lipinski definition) is 3. The Morgan fingerprint density at radius 3 is 1.43 bits per heavy atom. The van der Waals surface area contributed by atoms with E-state index in [9.17, 15) is 9.59 Å². The van der Waals surface area contributed by atoms with Gasteiger partial charge in [-0.05, 0) is 18.6 Å². The standard InChI is InChI=1S/C25H43NO2/c1-2-3-4-5-6-7-8-9-10-11-12-13-14-15-16-17-18-21-26-23-19-20-24(27)25(28)22-23/h19-20,22,26H,2-18,21H2,1H3. The molecule has 0 fully saturated rings. The van der Waals surface area contributed by atoms with E-state index in [1.54, 1.807) is 6.08 Å². The number of nitrogens with one attached hydrogen (secondary N) is 1. The number of ketones is 2. The van der Waals surface area contributed by atoms with Crippen LogP contribution in [0.15, 0.2) is 23.9 Å². The van der Waals surface area contributed by atoms with Crippen LogP contribution in [0.5, 0.6) is 0 Å². The van der Waals surface area contributed by atoms with Crippen molar-refractivity contribution in [3.8, 4) is 0 Å². The molecule has 160 valence electrons. The highest BCUT2D eigenvalue weighted by Gasteiger charge is 2.12. The van der Waals surface area contributed by atoms with E-state index in [0.717, 1.165) is 18.7 Å². The molecule has 0 aromatic carbocycles. The maximum atomic E-state index is 11.3. The second-order valence-corrected chi connectivity index (χ2v) is 8.25. The average molecular weight is 390 g/mol. The summed E-state index contributed by atoms with van der Waals surface area (Å²) in [5.74, 6) is -0.851. The van der Waals surface area contributed by atoms with Gasteiger partial charge in [-0.1, -0.05) is 110 Å². The van der Waals surface area contributed by atoms with Gasteiger partial charge in [-0.25, -0.2) is 0 Å². The molecular weight excluding hydrogens is 346 g/mol. The normalized spacial score (nSPS) is 13.8. The van der Waals surface area contributed by atoms with Crippen molar-refractivity contribution in [2.75, 3.05) is 6.54 Å². The second kappa shape index (κ2) is 17.7. The lowest BCUT2D eigenvalue weighted by Gasteiger charge is -2.09. The van der Waals surface area contributed by atoms with Crippen molar-refractivity contribution in [1.82, 2.24) is 5.32 Å². The van der Waals surface area contributed by atoms with Crippen molar-refractivity contribution < 1.29 is 9.59 Å². The Bertz CT molecular complexity index is 479. The summed E-state index contributed by atoms with van der Waals surface area (Å²) in [6.07, 6.45) is 27.9. The fourth-order valence-electron chi connectivity index (χ4n) is 3.70. The third-order valence-electron chi connectivity index (χ3n) is 5.55. The zero-order valence-corrected chi connectivity index (χ0v) is 18.3. The largest absolute Gasteiger partial charge is 0.385 e.